The molecule has 5 heteroatoms. The summed E-state index contributed by atoms with van der Waals surface area (Å²) in [6.45, 7) is 8.74. The van der Waals surface area contributed by atoms with E-state index >= 15 is 0 Å². The summed E-state index contributed by atoms with van der Waals surface area (Å²) in [6.07, 6.45) is 1.15. The Balaban J connectivity index is 1.81. The van der Waals surface area contributed by atoms with Gasteiger partial charge in [-0.1, -0.05) is 26.0 Å². The Kier molecular flexibility index (Phi) is 5.68. The Morgan fingerprint density at radius 2 is 1.93 bits per heavy atom. The molecule has 27 heavy (non-hydrogen) atoms. The molecule has 0 bridgehead atoms. The van der Waals surface area contributed by atoms with Crippen molar-refractivity contribution in [1.29, 1.82) is 0 Å². The van der Waals surface area contributed by atoms with E-state index in [1.54, 1.807) is 0 Å². The van der Waals surface area contributed by atoms with Crippen LogP contribution in [-0.2, 0) is 11.2 Å². The van der Waals surface area contributed by atoms with Gasteiger partial charge in [0.2, 0.25) is 0 Å². The minimum atomic E-state index is -0.388. The molecule has 0 spiro atoms. The zero-order chi connectivity index (χ0) is 19.6. The standard InChI is InChI=1S/C22H27NO4/c1-5-26-17-8-6-15(7-9-17)16-10-18-20(19(24)11-16)14(4)21(23-18)22(25)27-12-13(2)3/h6-9,13,16,23H,5,10-12H2,1-4H3/t16-/m0/s1. The number of benzene rings is 1. The molecular formula is C22H27NO4. The third-order valence-electron chi connectivity index (χ3n) is 4.90. The number of esters is 1. The van der Waals surface area contributed by atoms with Gasteiger partial charge in [-0.25, -0.2) is 4.79 Å². The molecule has 0 aliphatic heterocycles. The molecule has 1 atom stereocenters. The third-order valence-corrected chi connectivity index (χ3v) is 4.90. The lowest BCUT2D eigenvalue weighted by Crippen LogP contribution is -2.18. The first-order valence-corrected chi connectivity index (χ1v) is 9.55. The minimum absolute atomic E-state index is 0.0757. The fraction of sp³-hybridized carbons (Fsp3) is 0.455. The van der Waals surface area contributed by atoms with Gasteiger partial charge < -0.3 is 14.5 Å². The molecule has 0 saturated heterocycles. The van der Waals surface area contributed by atoms with Crippen LogP contribution in [0.15, 0.2) is 24.3 Å². The molecule has 1 aromatic heterocycles. The van der Waals surface area contributed by atoms with E-state index in [1.807, 2.05) is 52.0 Å². The molecular weight excluding hydrogens is 342 g/mol. The van der Waals surface area contributed by atoms with E-state index in [9.17, 15) is 9.59 Å². The van der Waals surface area contributed by atoms with E-state index in [-0.39, 0.29) is 23.6 Å². The van der Waals surface area contributed by atoms with Crippen LogP contribution in [0, 0.1) is 12.8 Å². The van der Waals surface area contributed by atoms with Crippen LogP contribution in [0.3, 0.4) is 0 Å². The Bertz CT molecular complexity index is 833. The maximum absolute atomic E-state index is 12.8. The average molecular weight is 369 g/mol. The second-order valence-corrected chi connectivity index (χ2v) is 7.50. The van der Waals surface area contributed by atoms with Crippen molar-refractivity contribution in [2.24, 2.45) is 5.92 Å². The van der Waals surface area contributed by atoms with Gasteiger partial charge >= 0.3 is 5.97 Å². The number of fused-ring (bicyclic) bond motifs is 1. The summed E-state index contributed by atoms with van der Waals surface area (Å²) in [6, 6.07) is 7.91. The van der Waals surface area contributed by atoms with Crippen LogP contribution in [0.5, 0.6) is 5.75 Å². The number of H-pyrrole nitrogens is 1. The van der Waals surface area contributed by atoms with Crippen molar-refractivity contribution in [2.45, 2.75) is 46.5 Å². The van der Waals surface area contributed by atoms with Gasteiger partial charge in [-0.15, -0.1) is 0 Å². The number of aromatic nitrogens is 1. The van der Waals surface area contributed by atoms with Crippen molar-refractivity contribution in [3.8, 4) is 5.75 Å². The van der Waals surface area contributed by atoms with Gasteiger partial charge in [0.25, 0.3) is 0 Å². The number of hydrogen-bond donors (Lipinski definition) is 1. The lowest BCUT2D eigenvalue weighted by atomic mass is 9.81. The first kappa shape index (κ1) is 19.2. The van der Waals surface area contributed by atoms with Gasteiger partial charge in [0.1, 0.15) is 11.4 Å². The highest BCUT2D eigenvalue weighted by Crippen LogP contribution is 2.35. The molecule has 0 unspecified atom stereocenters. The Labute approximate surface area is 160 Å². The lowest BCUT2D eigenvalue weighted by molar-refractivity contribution is 0.0451. The van der Waals surface area contributed by atoms with Crippen molar-refractivity contribution in [1.82, 2.24) is 4.98 Å². The van der Waals surface area contributed by atoms with Crippen LogP contribution >= 0.6 is 0 Å². The molecule has 1 aliphatic carbocycles. The molecule has 0 fully saturated rings. The molecule has 1 aliphatic rings. The number of rotatable bonds is 6. The van der Waals surface area contributed by atoms with Crippen molar-refractivity contribution >= 4 is 11.8 Å². The first-order valence-electron chi connectivity index (χ1n) is 9.55. The van der Waals surface area contributed by atoms with E-state index in [2.05, 4.69) is 4.98 Å². The topological polar surface area (TPSA) is 68.4 Å². The largest absolute Gasteiger partial charge is 0.494 e. The quantitative estimate of drug-likeness (QED) is 0.764. The molecule has 1 aromatic carbocycles. The summed E-state index contributed by atoms with van der Waals surface area (Å²) in [5.74, 6) is 0.880. The van der Waals surface area contributed by atoms with Gasteiger partial charge in [-0.3, -0.25) is 4.79 Å². The third kappa shape index (κ3) is 4.07. The normalized spacial score (nSPS) is 16.3. The summed E-state index contributed by atoms with van der Waals surface area (Å²) in [5.41, 5.74) is 3.71. The fourth-order valence-electron chi connectivity index (χ4n) is 3.59. The molecule has 1 N–H and O–H groups in total. The smallest absolute Gasteiger partial charge is 0.355 e. The van der Waals surface area contributed by atoms with Crippen LogP contribution in [-0.4, -0.2) is 30.0 Å². The maximum Gasteiger partial charge on any atom is 0.355 e. The molecule has 5 nitrogen and oxygen atoms in total. The zero-order valence-corrected chi connectivity index (χ0v) is 16.4. The summed E-state index contributed by atoms with van der Waals surface area (Å²) in [7, 11) is 0. The predicted octanol–water partition coefficient (Wildman–Crippen LogP) is 4.45. The molecule has 144 valence electrons. The number of Topliss-reactive ketones (excluding diaryl/α,β-unsaturated/α-hetero) is 1. The van der Waals surface area contributed by atoms with Crippen molar-refractivity contribution < 1.29 is 19.1 Å². The second kappa shape index (κ2) is 7.99. The predicted molar refractivity (Wildman–Crippen MR) is 104 cm³/mol. The summed E-state index contributed by atoms with van der Waals surface area (Å²) >= 11 is 0. The van der Waals surface area contributed by atoms with Crippen LogP contribution in [0.4, 0.5) is 0 Å². The fourth-order valence-corrected chi connectivity index (χ4v) is 3.59. The van der Waals surface area contributed by atoms with Crippen LogP contribution in [0.2, 0.25) is 0 Å². The number of nitrogens with one attached hydrogen (secondary N) is 1. The average Bonchev–Trinajstić information content (AvgIpc) is 2.97. The minimum Gasteiger partial charge on any atom is -0.494 e. The number of aromatic amines is 1. The molecule has 1 heterocycles. The summed E-state index contributed by atoms with van der Waals surface area (Å²) < 4.78 is 10.8. The van der Waals surface area contributed by atoms with Gasteiger partial charge in [-0.05, 0) is 55.4 Å². The zero-order valence-electron chi connectivity index (χ0n) is 16.4. The monoisotopic (exact) mass is 369 g/mol. The Morgan fingerprint density at radius 1 is 1.22 bits per heavy atom. The highest BCUT2D eigenvalue weighted by atomic mass is 16.5. The Hall–Kier alpha value is -2.56. The van der Waals surface area contributed by atoms with Crippen LogP contribution < -0.4 is 4.74 Å². The van der Waals surface area contributed by atoms with Crippen molar-refractivity contribution in [2.75, 3.05) is 13.2 Å². The molecule has 0 radical (unpaired) electrons. The van der Waals surface area contributed by atoms with E-state index in [1.165, 1.54) is 0 Å². The molecule has 3 rings (SSSR count). The lowest BCUT2D eigenvalue weighted by Gasteiger charge is -2.22. The van der Waals surface area contributed by atoms with Gasteiger partial charge in [0.15, 0.2) is 5.78 Å². The summed E-state index contributed by atoms with van der Waals surface area (Å²) in [5, 5.41) is 0. The molecule has 0 amide bonds. The molecule has 0 saturated carbocycles. The van der Waals surface area contributed by atoms with E-state index in [0.717, 1.165) is 17.0 Å². The summed E-state index contributed by atoms with van der Waals surface area (Å²) in [4.78, 5) is 28.3. The number of carbonyl (C=O) groups excluding carboxylic acids is 2. The number of carbonyl (C=O) groups is 2. The maximum atomic E-state index is 12.8. The van der Waals surface area contributed by atoms with Gasteiger partial charge in [0, 0.05) is 17.7 Å². The highest BCUT2D eigenvalue weighted by molar-refractivity contribution is 6.03. The number of hydrogen-bond acceptors (Lipinski definition) is 4. The van der Waals surface area contributed by atoms with Gasteiger partial charge in [0.05, 0.1) is 13.2 Å². The molecule has 2 aromatic rings. The van der Waals surface area contributed by atoms with Gasteiger partial charge in [-0.2, -0.15) is 0 Å². The number of ether oxygens (including phenoxy) is 2. The van der Waals surface area contributed by atoms with Crippen molar-refractivity contribution in [3.05, 3.63) is 52.3 Å². The van der Waals surface area contributed by atoms with E-state index in [4.69, 9.17) is 9.47 Å². The van der Waals surface area contributed by atoms with E-state index < -0.39 is 0 Å². The Morgan fingerprint density at radius 3 is 2.56 bits per heavy atom. The SMILES string of the molecule is CCOc1ccc([C@@H]2CC(=O)c3c([nH]c(C(=O)OCC(C)C)c3C)C2)cc1. The number of ketones is 1. The highest BCUT2D eigenvalue weighted by Gasteiger charge is 2.32. The van der Waals surface area contributed by atoms with Crippen molar-refractivity contribution in [3.63, 3.8) is 0 Å². The van der Waals surface area contributed by atoms with E-state index in [0.29, 0.717) is 42.9 Å². The van der Waals surface area contributed by atoms with Crippen LogP contribution in [0.1, 0.15) is 70.8 Å². The first-order chi connectivity index (χ1) is 12.9. The van der Waals surface area contributed by atoms with Crippen LogP contribution in [0.25, 0.3) is 0 Å². The second-order valence-electron chi connectivity index (χ2n) is 7.50.